The minimum Gasteiger partial charge on any atom is -0.399 e. The molecule has 0 atom stereocenters. The third-order valence-electron chi connectivity index (χ3n) is 3.80. The first-order valence-electron chi connectivity index (χ1n) is 6.99. The molecule has 1 saturated heterocycles. The number of rotatable bonds is 1. The lowest BCUT2D eigenvalue weighted by atomic mass is 10.0. The fraction of sp³-hybridized carbons (Fsp3) is 0.533. The molecular formula is C15H21Cl2N3O. The molecule has 1 heterocycles. The molecule has 0 saturated carbocycles. The summed E-state index contributed by atoms with van der Waals surface area (Å²) >= 11 is 12.1. The lowest BCUT2D eigenvalue weighted by Gasteiger charge is -2.42. The second kappa shape index (κ2) is 6.03. The van der Waals surface area contributed by atoms with Gasteiger partial charge >= 0.3 is 0 Å². The molecule has 1 aliphatic heterocycles. The van der Waals surface area contributed by atoms with E-state index < -0.39 is 0 Å². The van der Waals surface area contributed by atoms with Gasteiger partial charge in [0.25, 0.3) is 5.91 Å². The molecule has 0 aliphatic carbocycles. The third-order valence-corrected chi connectivity index (χ3v) is 4.60. The SMILES string of the molecule is CC(C)(C)N1CCN(C(=O)c2cc(N)cc(Cl)c2Cl)CC1. The summed E-state index contributed by atoms with van der Waals surface area (Å²) in [5.41, 5.74) is 6.70. The van der Waals surface area contributed by atoms with Gasteiger partial charge in [-0.3, -0.25) is 9.69 Å². The van der Waals surface area contributed by atoms with Crippen LogP contribution in [0.2, 0.25) is 10.0 Å². The van der Waals surface area contributed by atoms with Crippen molar-refractivity contribution in [1.82, 2.24) is 9.80 Å². The van der Waals surface area contributed by atoms with E-state index in [1.54, 1.807) is 17.0 Å². The molecule has 0 spiro atoms. The van der Waals surface area contributed by atoms with Gasteiger partial charge in [-0.05, 0) is 32.9 Å². The molecule has 0 unspecified atom stereocenters. The average molecular weight is 330 g/mol. The number of benzene rings is 1. The smallest absolute Gasteiger partial charge is 0.255 e. The number of anilines is 1. The number of nitrogens with zero attached hydrogens (tertiary/aromatic N) is 2. The normalized spacial score (nSPS) is 17.1. The topological polar surface area (TPSA) is 49.6 Å². The van der Waals surface area contributed by atoms with Crippen molar-refractivity contribution in [2.24, 2.45) is 0 Å². The number of nitrogen functional groups attached to an aromatic ring is 1. The molecule has 116 valence electrons. The molecular weight excluding hydrogens is 309 g/mol. The van der Waals surface area contributed by atoms with Crippen LogP contribution >= 0.6 is 23.2 Å². The number of hydrogen-bond donors (Lipinski definition) is 1. The van der Waals surface area contributed by atoms with Crippen LogP contribution < -0.4 is 5.73 Å². The molecule has 21 heavy (non-hydrogen) atoms. The second-order valence-corrected chi connectivity index (χ2v) is 7.10. The van der Waals surface area contributed by atoms with Crippen LogP contribution in [0.1, 0.15) is 31.1 Å². The van der Waals surface area contributed by atoms with E-state index in [-0.39, 0.29) is 16.5 Å². The molecule has 4 nitrogen and oxygen atoms in total. The Hall–Kier alpha value is -0.970. The number of piperazine rings is 1. The third kappa shape index (κ3) is 3.62. The Bertz CT molecular complexity index is 547. The quantitative estimate of drug-likeness (QED) is 0.805. The van der Waals surface area contributed by atoms with Crippen molar-refractivity contribution in [2.45, 2.75) is 26.3 Å². The van der Waals surface area contributed by atoms with E-state index in [2.05, 4.69) is 25.7 Å². The average Bonchev–Trinajstić information content (AvgIpc) is 2.41. The van der Waals surface area contributed by atoms with Gasteiger partial charge in [0.1, 0.15) is 0 Å². The van der Waals surface area contributed by atoms with E-state index >= 15 is 0 Å². The number of halogens is 2. The Morgan fingerprint density at radius 3 is 2.24 bits per heavy atom. The molecule has 1 amide bonds. The molecule has 2 N–H and O–H groups in total. The van der Waals surface area contributed by atoms with E-state index in [0.717, 1.165) is 13.1 Å². The Labute approximate surface area is 135 Å². The first-order chi connectivity index (χ1) is 9.70. The highest BCUT2D eigenvalue weighted by atomic mass is 35.5. The molecule has 0 bridgehead atoms. The zero-order valence-electron chi connectivity index (χ0n) is 12.6. The zero-order chi connectivity index (χ0) is 15.8. The maximum Gasteiger partial charge on any atom is 0.255 e. The number of carbonyl (C=O) groups is 1. The summed E-state index contributed by atoms with van der Waals surface area (Å²) in [6, 6.07) is 3.14. The highest BCUT2D eigenvalue weighted by Crippen LogP contribution is 2.30. The molecule has 0 radical (unpaired) electrons. The largest absolute Gasteiger partial charge is 0.399 e. The predicted octanol–water partition coefficient (Wildman–Crippen LogP) is 3.13. The van der Waals surface area contributed by atoms with Crippen molar-refractivity contribution in [3.05, 3.63) is 27.7 Å². The first kappa shape index (κ1) is 16.4. The molecule has 0 aromatic heterocycles. The van der Waals surface area contributed by atoms with Crippen molar-refractivity contribution in [2.75, 3.05) is 31.9 Å². The van der Waals surface area contributed by atoms with Gasteiger partial charge in [-0.2, -0.15) is 0 Å². The summed E-state index contributed by atoms with van der Waals surface area (Å²) in [5, 5.41) is 0.586. The van der Waals surface area contributed by atoms with Gasteiger partial charge < -0.3 is 10.6 Å². The van der Waals surface area contributed by atoms with Gasteiger partial charge in [0.05, 0.1) is 15.6 Å². The van der Waals surface area contributed by atoms with Crippen molar-refractivity contribution in [3.63, 3.8) is 0 Å². The highest BCUT2D eigenvalue weighted by molar-refractivity contribution is 6.44. The monoisotopic (exact) mass is 329 g/mol. The van der Waals surface area contributed by atoms with Gasteiger partial charge in [0.2, 0.25) is 0 Å². The Morgan fingerprint density at radius 2 is 1.71 bits per heavy atom. The standard InChI is InChI=1S/C15H21Cl2N3O/c1-15(2,3)20-6-4-19(5-7-20)14(21)11-8-10(18)9-12(16)13(11)17/h8-9H,4-7,18H2,1-3H3. The van der Waals surface area contributed by atoms with Crippen LogP contribution in [0.3, 0.4) is 0 Å². The van der Waals surface area contributed by atoms with Crippen LogP contribution in [0.25, 0.3) is 0 Å². The van der Waals surface area contributed by atoms with Crippen LogP contribution in [0.5, 0.6) is 0 Å². The van der Waals surface area contributed by atoms with Crippen LogP contribution in [-0.4, -0.2) is 47.4 Å². The second-order valence-electron chi connectivity index (χ2n) is 6.31. The van der Waals surface area contributed by atoms with Crippen molar-refractivity contribution < 1.29 is 4.79 Å². The van der Waals surface area contributed by atoms with Gasteiger partial charge in [0.15, 0.2) is 0 Å². The van der Waals surface area contributed by atoms with Crippen molar-refractivity contribution >= 4 is 34.8 Å². The van der Waals surface area contributed by atoms with Crippen LogP contribution in [0.4, 0.5) is 5.69 Å². The number of carbonyl (C=O) groups excluding carboxylic acids is 1. The molecule has 1 aromatic carbocycles. The number of amides is 1. The van der Waals surface area contributed by atoms with Crippen LogP contribution in [0.15, 0.2) is 12.1 Å². The number of nitrogens with two attached hydrogens (primary N) is 1. The minimum absolute atomic E-state index is 0.109. The summed E-state index contributed by atoms with van der Waals surface area (Å²) in [7, 11) is 0. The fourth-order valence-electron chi connectivity index (χ4n) is 2.52. The molecule has 6 heteroatoms. The number of hydrogen-bond acceptors (Lipinski definition) is 3. The zero-order valence-corrected chi connectivity index (χ0v) is 14.1. The summed E-state index contributed by atoms with van der Waals surface area (Å²) in [4.78, 5) is 16.8. The van der Waals surface area contributed by atoms with Crippen LogP contribution in [-0.2, 0) is 0 Å². The predicted molar refractivity (Wildman–Crippen MR) is 88.1 cm³/mol. The maximum atomic E-state index is 12.6. The summed E-state index contributed by atoms with van der Waals surface area (Å²) in [5.74, 6) is -0.109. The molecule has 1 aromatic rings. The Morgan fingerprint density at radius 1 is 1.14 bits per heavy atom. The van der Waals surface area contributed by atoms with Gasteiger partial charge in [-0.15, -0.1) is 0 Å². The van der Waals surface area contributed by atoms with E-state index in [9.17, 15) is 4.79 Å². The van der Waals surface area contributed by atoms with E-state index in [1.165, 1.54) is 0 Å². The van der Waals surface area contributed by atoms with E-state index in [0.29, 0.717) is 29.4 Å². The van der Waals surface area contributed by atoms with E-state index in [1.807, 2.05) is 0 Å². The van der Waals surface area contributed by atoms with Crippen LogP contribution in [0, 0.1) is 0 Å². The molecule has 1 aliphatic rings. The Balaban J connectivity index is 2.13. The van der Waals surface area contributed by atoms with Gasteiger partial charge in [0, 0.05) is 37.4 Å². The molecule has 2 rings (SSSR count). The highest BCUT2D eigenvalue weighted by Gasteiger charge is 2.29. The summed E-state index contributed by atoms with van der Waals surface area (Å²) < 4.78 is 0. The summed E-state index contributed by atoms with van der Waals surface area (Å²) in [6.07, 6.45) is 0. The fourth-order valence-corrected chi connectivity index (χ4v) is 2.93. The Kier molecular flexibility index (Phi) is 4.71. The lowest BCUT2D eigenvalue weighted by molar-refractivity contribution is 0.0451. The molecule has 1 fully saturated rings. The van der Waals surface area contributed by atoms with Gasteiger partial charge in [-0.25, -0.2) is 0 Å². The maximum absolute atomic E-state index is 12.6. The van der Waals surface area contributed by atoms with Crippen molar-refractivity contribution in [3.8, 4) is 0 Å². The van der Waals surface area contributed by atoms with Crippen molar-refractivity contribution in [1.29, 1.82) is 0 Å². The minimum atomic E-state index is -0.109. The van der Waals surface area contributed by atoms with E-state index in [4.69, 9.17) is 28.9 Å². The summed E-state index contributed by atoms with van der Waals surface area (Å²) in [6.45, 7) is 9.60. The lowest BCUT2D eigenvalue weighted by Crippen LogP contribution is -2.54. The van der Waals surface area contributed by atoms with Gasteiger partial charge in [-0.1, -0.05) is 23.2 Å². The first-order valence-corrected chi connectivity index (χ1v) is 7.74.